The number of carbonyl (C=O) groups excluding carboxylic acids is 2. The topological polar surface area (TPSA) is 134 Å². The summed E-state index contributed by atoms with van der Waals surface area (Å²) in [5.74, 6) is 0.368. The lowest BCUT2D eigenvalue weighted by molar-refractivity contribution is -0.140. The van der Waals surface area contributed by atoms with E-state index in [9.17, 15) is 9.59 Å². The molecule has 9 nitrogen and oxygen atoms in total. The molecule has 0 aliphatic carbocycles. The van der Waals surface area contributed by atoms with Gasteiger partial charge in [0.2, 0.25) is 11.8 Å². The molecule has 210 valence electrons. The van der Waals surface area contributed by atoms with Gasteiger partial charge in [0, 0.05) is 28.3 Å². The third-order valence-corrected chi connectivity index (χ3v) is 8.43. The van der Waals surface area contributed by atoms with E-state index in [2.05, 4.69) is 13.8 Å². The fourth-order valence-electron chi connectivity index (χ4n) is 4.93. The predicted octanol–water partition coefficient (Wildman–Crippen LogP) is 4.25. The number of ether oxygens (including phenoxy) is 2. The molecule has 0 bridgehead atoms. The molecule has 39 heavy (non-hydrogen) atoms. The molecule has 0 saturated carbocycles. The van der Waals surface area contributed by atoms with Gasteiger partial charge in [-0.1, -0.05) is 41.5 Å². The van der Waals surface area contributed by atoms with Crippen molar-refractivity contribution >= 4 is 34.1 Å². The van der Waals surface area contributed by atoms with Crippen LogP contribution in [0.3, 0.4) is 0 Å². The van der Waals surface area contributed by atoms with Gasteiger partial charge in [0.25, 0.3) is 0 Å². The van der Waals surface area contributed by atoms with E-state index in [1.165, 1.54) is 16.2 Å². The number of carbonyl (C=O) groups is 2. The number of hydrogen-bond acceptors (Lipinski definition) is 8. The standard InChI is InChI=1S/C29H39N5O4S/c1-14(2)19-13-39-27(33-19)18-11-21(17-9-10-20(37-8)15(3)23(17)32-18)38-22-12-34(24(16(22)4)26(31)35)28(36)25(30)29(5,6)7/h9-11,13-14,16,22,24-25H,12,30H2,1-8H3,(H2,31,35)/t16?,22-,24-,25+/m0/s1. The Morgan fingerprint density at radius 1 is 1.18 bits per heavy atom. The van der Waals surface area contributed by atoms with Gasteiger partial charge in [-0.2, -0.15) is 0 Å². The van der Waals surface area contributed by atoms with Gasteiger partial charge in [0.15, 0.2) is 0 Å². The van der Waals surface area contributed by atoms with Gasteiger partial charge in [-0.3, -0.25) is 9.59 Å². The Bertz CT molecular complexity index is 1400. The van der Waals surface area contributed by atoms with Crippen molar-refractivity contribution in [3.05, 3.63) is 34.8 Å². The monoisotopic (exact) mass is 553 g/mol. The summed E-state index contributed by atoms with van der Waals surface area (Å²) in [6, 6.07) is 4.08. The molecule has 1 aliphatic rings. The van der Waals surface area contributed by atoms with E-state index in [0.717, 1.165) is 32.9 Å². The Kier molecular flexibility index (Phi) is 7.91. The summed E-state index contributed by atoms with van der Waals surface area (Å²) in [6.45, 7) is 13.9. The number of aryl methyl sites for hydroxylation is 1. The van der Waals surface area contributed by atoms with Gasteiger partial charge in [0.05, 0.1) is 30.9 Å². The van der Waals surface area contributed by atoms with Crippen molar-refractivity contribution in [3.8, 4) is 22.2 Å². The summed E-state index contributed by atoms with van der Waals surface area (Å²) in [5, 5.41) is 3.63. The van der Waals surface area contributed by atoms with Crippen molar-refractivity contribution in [2.45, 2.75) is 72.6 Å². The van der Waals surface area contributed by atoms with Crippen molar-refractivity contribution < 1.29 is 19.1 Å². The minimum atomic E-state index is -0.821. The van der Waals surface area contributed by atoms with E-state index >= 15 is 0 Å². The van der Waals surface area contributed by atoms with Gasteiger partial charge in [-0.05, 0) is 30.4 Å². The smallest absolute Gasteiger partial charge is 0.240 e. The Morgan fingerprint density at radius 2 is 1.87 bits per heavy atom. The van der Waals surface area contributed by atoms with E-state index in [4.69, 9.17) is 30.9 Å². The summed E-state index contributed by atoms with van der Waals surface area (Å²) in [5.41, 5.74) is 14.9. The fourth-order valence-corrected chi connectivity index (χ4v) is 5.87. The number of nitrogens with zero attached hydrogens (tertiary/aromatic N) is 3. The average molecular weight is 554 g/mol. The van der Waals surface area contributed by atoms with Crippen LogP contribution in [-0.4, -0.2) is 58.5 Å². The third kappa shape index (κ3) is 5.45. The van der Waals surface area contributed by atoms with Crippen LogP contribution in [0.5, 0.6) is 11.5 Å². The number of fused-ring (bicyclic) bond motifs is 1. The zero-order valence-corrected chi connectivity index (χ0v) is 24.8. The van der Waals surface area contributed by atoms with Crippen LogP contribution >= 0.6 is 11.3 Å². The van der Waals surface area contributed by atoms with Crippen LogP contribution in [0.2, 0.25) is 0 Å². The van der Waals surface area contributed by atoms with Crippen LogP contribution in [-0.2, 0) is 9.59 Å². The molecule has 2 aromatic heterocycles. The lowest BCUT2D eigenvalue weighted by Crippen LogP contribution is -2.55. The summed E-state index contributed by atoms with van der Waals surface area (Å²) >= 11 is 1.53. The minimum Gasteiger partial charge on any atom is -0.496 e. The molecule has 1 fully saturated rings. The van der Waals surface area contributed by atoms with Crippen LogP contribution in [0.15, 0.2) is 23.6 Å². The molecule has 1 aliphatic heterocycles. The number of primary amides is 1. The maximum atomic E-state index is 13.4. The molecule has 4 atom stereocenters. The molecular formula is C29H39N5O4S. The van der Waals surface area contributed by atoms with E-state index in [0.29, 0.717) is 17.4 Å². The third-order valence-electron chi connectivity index (χ3n) is 7.55. The molecule has 1 aromatic carbocycles. The SMILES string of the molecule is COc1ccc2c(O[C@H]3CN(C(=O)[C@@H](N)C(C)(C)C)[C@H](C(N)=O)C3C)cc(-c3nc(C(C)C)cs3)nc2c1C. The fraction of sp³-hybridized carbons (Fsp3) is 0.517. The van der Waals surface area contributed by atoms with Crippen molar-refractivity contribution in [2.75, 3.05) is 13.7 Å². The molecule has 3 heterocycles. The second-order valence-corrected chi connectivity index (χ2v) is 12.6. The summed E-state index contributed by atoms with van der Waals surface area (Å²) in [6.07, 6.45) is -0.484. The van der Waals surface area contributed by atoms with Gasteiger partial charge in [-0.25, -0.2) is 9.97 Å². The number of hydrogen-bond donors (Lipinski definition) is 2. The normalized spacial score (nSPS) is 20.5. The molecule has 0 spiro atoms. The first-order valence-electron chi connectivity index (χ1n) is 13.2. The zero-order valence-electron chi connectivity index (χ0n) is 23.9. The van der Waals surface area contributed by atoms with Crippen LogP contribution in [0, 0.1) is 18.3 Å². The van der Waals surface area contributed by atoms with Gasteiger partial charge in [-0.15, -0.1) is 11.3 Å². The molecular weight excluding hydrogens is 514 g/mol. The first kappa shape index (κ1) is 28.8. The van der Waals surface area contributed by atoms with Crippen LogP contribution in [0.25, 0.3) is 21.6 Å². The van der Waals surface area contributed by atoms with E-state index < -0.39 is 29.5 Å². The number of benzene rings is 1. The number of amides is 2. The summed E-state index contributed by atoms with van der Waals surface area (Å²) in [4.78, 5) is 37.1. The minimum absolute atomic E-state index is 0.195. The molecule has 3 aromatic rings. The number of pyridine rings is 1. The van der Waals surface area contributed by atoms with E-state index in [1.54, 1.807) is 7.11 Å². The van der Waals surface area contributed by atoms with Gasteiger partial charge in [0.1, 0.15) is 34.3 Å². The molecule has 2 amide bonds. The number of likely N-dealkylation sites (tertiary alicyclic amines) is 1. The van der Waals surface area contributed by atoms with Crippen LogP contribution in [0.4, 0.5) is 0 Å². The second kappa shape index (κ2) is 10.7. The highest BCUT2D eigenvalue weighted by molar-refractivity contribution is 7.13. The Labute approximate surface area is 233 Å². The Hall–Kier alpha value is -3.24. The number of nitrogens with two attached hydrogens (primary N) is 2. The number of rotatable bonds is 7. The largest absolute Gasteiger partial charge is 0.496 e. The van der Waals surface area contributed by atoms with Crippen molar-refractivity contribution in [1.29, 1.82) is 0 Å². The van der Waals surface area contributed by atoms with Crippen LogP contribution < -0.4 is 20.9 Å². The highest BCUT2D eigenvalue weighted by atomic mass is 32.1. The highest BCUT2D eigenvalue weighted by Crippen LogP contribution is 2.39. The quantitative estimate of drug-likeness (QED) is 0.447. The van der Waals surface area contributed by atoms with Gasteiger partial charge < -0.3 is 25.8 Å². The van der Waals surface area contributed by atoms with Crippen molar-refractivity contribution in [3.63, 3.8) is 0 Å². The lowest BCUT2D eigenvalue weighted by Gasteiger charge is -2.32. The molecule has 4 rings (SSSR count). The second-order valence-electron chi connectivity index (χ2n) is 11.7. The van der Waals surface area contributed by atoms with E-state index in [1.807, 2.05) is 58.2 Å². The maximum absolute atomic E-state index is 13.4. The highest BCUT2D eigenvalue weighted by Gasteiger charge is 2.48. The summed E-state index contributed by atoms with van der Waals surface area (Å²) in [7, 11) is 1.63. The molecule has 1 unspecified atom stereocenters. The molecule has 4 N–H and O–H groups in total. The first-order chi connectivity index (χ1) is 18.2. The average Bonchev–Trinajstić information content (AvgIpc) is 3.48. The maximum Gasteiger partial charge on any atom is 0.240 e. The first-order valence-corrected chi connectivity index (χ1v) is 14.1. The van der Waals surface area contributed by atoms with Crippen molar-refractivity contribution in [2.24, 2.45) is 22.8 Å². The van der Waals surface area contributed by atoms with Crippen LogP contribution in [0.1, 0.15) is 58.7 Å². The molecule has 0 radical (unpaired) electrons. The number of aromatic nitrogens is 2. The summed E-state index contributed by atoms with van der Waals surface area (Å²) < 4.78 is 12.2. The number of thiazole rings is 1. The van der Waals surface area contributed by atoms with Crippen molar-refractivity contribution in [1.82, 2.24) is 14.9 Å². The molecule has 10 heteroatoms. The molecule has 1 saturated heterocycles. The Balaban J connectivity index is 1.78. The van der Waals surface area contributed by atoms with Gasteiger partial charge >= 0.3 is 0 Å². The predicted molar refractivity (Wildman–Crippen MR) is 154 cm³/mol. The lowest BCUT2D eigenvalue weighted by atomic mass is 9.86. The number of methoxy groups -OCH3 is 1. The van der Waals surface area contributed by atoms with E-state index in [-0.39, 0.29) is 18.4 Å². The zero-order chi connectivity index (χ0) is 28.8. The Morgan fingerprint density at radius 3 is 2.44 bits per heavy atom.